The Morgan fingerprint density at radius 1 is 1.04 bits per heavy atom. The van der Waals surface area contributed by atoms with Crippen molar-refractivity contribution in [1.29, 1.82) is 0 Å². The van der Waals surface area contributed by atoms with Crippen LogP contribution in [0.15, 0.2) is 30.4 Å². The number of amides is 2. The molecule has 0 unspecified atom stereocenters. The highest BCUT2D eigenvalue weighted by molar-refractivity contribution is 6.13. The first kappa shape index (κ1) is 18.6. The van der Waals surface area contributed by atoms with Gasteiger partial charge in [-0.3, -0.25) is 14.5 Å². The molecule has 2 atom stereocenters. The molecule has 0 aromatic heterocycles. The molecular weight excluding hydrogens is 330 g/mol. The predicted octanol–water partition coefficient (Wildman–Crippen LogP) is 3.80. The smallest absolute Gasteiger partial charge is 0.254 e. The molecule has 0 saturated heterocycles. The van der Waals surface area contributed by atoms with Gasteiger partial charge >= 0.3 is 0 Å². The molecule has 140 valence electrons. The molecule has 0 radical (unpaired) electrons. The Kier molecular flexibility index (Phi) is 5.47. The molecule has 2 amide bonds. The Bertz CT molecular complexity index is 705. The van der Waals surface area contributed by atoms with Gasteiger partial charge in [-0.15, -0.1) is 0 Å². The summed E-state index contributed by atoms with van der Waals surface area (Å²) in [5, 5.41) is 0. The highest BCUT2D eigenvalue weighted by Gasteiger charge is 2.42. The predicted molar refractivity (Wildman–Crippen MR) is 98.7 cm³/mol. The Balaban J connectivity index is 1.95. The van der Waals surface area contributed by atoms with Crippen LogP contribution in [0.1, 0.15) is 57.4 Å². The highest BCUT2D eigenvalue weighted by Crippen LogP contribution is 2.49. The fraction of sp³-hybridized carbons (Fsp3) is 0.524. The van der Waals surface area contributed by atoms with Gasteiger partial charge in [0.1, 0.15) is 5.75 Å². The summed E-state index contributed by atoms with van der Waals surface area (Å²) in [4.78, 5) is 25.9. The van der Waals surface area contributed by atoms with Gasteiger partial charge in [0, 0.05) is 30.7 Å². The molecule has 5 nitrogen and oxygen atoms in total. The maximum atomic E-state index is 12.3. The van der Waals surface area contributed by atoms with Gasteiger partial charge in [0.2, 0.25) is 0 Å². The van der Waals surface area contributed by atoms with E-state index in [0.717, 1.165) is 16.9 Å². The van der Waals surface area contributed by atoms with Crippen molar-refractivity contribution >= 4 is 11.8 Å². The van der Waals surface area contributed by atoms with E-state index < -0.39 is 0 Å². The number of carbonyl (C=O) groups excluding carboxylic acids is 2. The average Bonchev–Trinajstić information content (AvgIpc) is 3.11. The van der Waals surface area contributed by atoms with Crippen LogP contribution in [0.3, 0.4) is 0 Å². The average molecular weight is 357 g/mol. The number of benzene rings is 1. The van der Waals surface area contributed by atoms with Crippen molar-refractivity contribution in [3.05, 3.63) is 41.5 Å². The first-order valence-corrected chi connectivity index (χ1v) is 9.31. The number of rotatable bonds is 7. The van der Waals surface area contributed by atoms with Gasteiger partial charge in [0.15, 0.2) is 0 Å². The first-order valence-electron chi connectivity index (χ1n) is 9.31. The molecule has 1 heterocycles. The van der Waals surface area contributed by atoms with Gasteiger partial charge in [-0.1, -0.05) is 39.8 Å². The van der Waals surface area contributed by atoms with E-state index in [4.69, 9.17) is 9.47 Å². The van der Waals surface area contributed by atoms with E-state index in [1.165, 1.54) is 17.1 Å². The summed E-state index contributed by atoms with van der Waals surface area (Å²) in [6.45, 7) is 9.61. The Morgan fingerprint density at radius 2 is 1.69 bits per heavy atom. The summed E-state index contributed by atoms with van der Waals surface area (Å²) in [6, 6.07) is 5.54. The van der Waals surface area contributed by atoms with Gasteiger partial charge in [0.05, 0.1) is 18.8 Å². The van der Waals surface area contributed by atoms with Crippen LogP contribution in [-0.2, 0) is 14.3 Å². The Labute approximate surface area is 155 Å². The summed E-state index contributed by atoms with van der Waals surface area (Å²) in [5.41, 5.74) is 1.93. The maximum Gasteiger partial charge on any atom is 0.254 e. The van der Waals surface area contributed by atoms with Crippen molar-refractivity contribution in [1.82, 2.24) is 4.90 Å². The van der Waals surface area contributed by atoms with E-state index in [1.807, 2.05) is 18.2 Å². The fourth-order valence-corrected chi connectivity index (χ4v) is 3.45. The minimum Gasteiger partial charge on any atom is -0.493 e. The standard InChI is InChI=1S/C21H27NO4/c1-13(2)11-25-17-7-5-6-15-18(26-12-14(3)4)10-16(21(15)17)22-19(23)8-9-20(22)24/h5-9,13-14,16,18H,10-12H2,1-4H3/t16-,18-/m0/s1. The fourth-order valence-electron chi connectivity index (χ4n) is 3.45. The number of carbonyl (C=O) groups is 2. The molecular formula is C21H27NO4. The normalized spacial score (nSPS) is 22.0. The Hall–Kier alpha value is -2.14. The molecule has 0 fully saturated rings. The molecule has 1 aliphatic carbocycles. The van der Waals surface area contributed by atoms with Gasteiger partial charge < -0.3 is 9.47 Å². The monoisotopic (exact) mass is 357 g/mol. The van der Waals surface area contributed by atoms with E-state index in [0.29, 0.717) is 31.5 Å². The van der Waals surface area contributed by atoms with Crippen molar-refractivity contribution in [3.8, 4) is 5.75 Å². The molecule has 0 N–H and O–H groups in total. The second kappa shape index (κ2) is 7.62. The number of fused-ring (bicyclic) bond motifs is 1. The van der Waals surface area contributed by atoms with Crippen molar-refractivity contribution < 1.29 is 19.1 Å². The molecule has 1 aliphatic heterocycles. The maximum absolute atomic E-state index is 12.3. The second-order valence-electron chi connectivity index (χ2n) is 7.81. The third-order valence-electron chi connectivity index (χ3n) is 4.58. The van der Waals surface area contributed by atoms with E-state index >= 15 is 0 Å². The zero-order valence-corrected chi connectivity index (χ0v) is 15.9. The molecule has 0 saturated carbocycles. The topological polar surface area (TPSA) is 55.8 Å². The van der Waals surface area contributed by atoms with E-state index in [2.05, 4.69) is 27.7 Å². The molecule has 1 aromatic rings. The van der Waals surface area contributed by atoms with Crippen LogP contribution in [0.2, 0.25) is 0 Å². The molecule has 1 aromatic carbocycles. The highest BCUT2D eigenvalue weighted by atomic mass is 16.5. The van der Waals surface area contributed by atoms with Crippen molar-refractivity contribution in [2.75, 3.05) is 13.2 Å². The quantitative estimate of drug-likeness (QED) is 0.697. The lowest BCUT2D eigenvalue weighted by molar-refractivity contribution is -0.140. The summed E-state index contributed by atoms with van der Waals surface area (Å²) in [7, 11) is 0. The van der Waals surface area contributed by atoms with Crippen LogP contribution < -0.4 is 4.74 Å². The van der Waals surface area contributed by atoms with Crippen LogP contribution in [0.4, 0.5) is 0 Å². The number of ether oxygens (including phenoxy) is 2. The minimum absolute atomic E-state index is 0.138. The van der Waals surface area contributed by atoms with Crippen molar-refractivity contribution in [2.24, 2.45) is 11.8 Å². The second-order valence-corrected chi connectivity index (χ2v) is 7.81. The molecule has 0 bridgehead atoms. The lowest BCUT2D eigenvalue weighted by Crippen LogP contribution is -2.33. The zero-order valence-electron chi connectivity index (χ0n) is 15.9. The summed E-state index contributed by atoms with van der Waals surface area (Å²) in [6.07, 6.45) is 3.11. The number of imide groups is 1. The van der Waals surface area contributed by atoms with E-state index in [-0.39, 0.29) is 24.0 Å². The van der Waals surface area contributed by atoms with Gasteiger partial charge in [-0.2, -0.15) is 0 Å². The third kappa shape index (κ3) is 3.68. The first-order chi connectivity index (χ1) is 12.4. The number of hydrogen-bond donors (Lipinski definition) is 0. The van der Waals surface area contributed by atoms with Gasteiger partial charge in [0.25, 0.3) is 11.8 Å². The molecule has 2 aliphatic rings. The van der Waals surface area contributed by atoms with Crippen LogP contribution in [0.5, 0.6) is 5.75 Å². The van der Waals surface area contributed by atoms with Crippen LogP contribution in [0, 0.1) is 11.8 Å². The van der Waals surface area contributed by atoms with Crippen LogP contribution in [0.25, 0.3) is 0 Å². The van der Waals surface area contributed by atoms with Gasteiger partial charge in [-0.25, -0.2) is 0 Å². The molecule has 5 heteroatoms. The van der Waals surface area contributed by atoms with E-state index in [9.17, 15) is 9.59 Å². The number of nitrogens with zero attached hydrogens (tertiary/aromatic N) is 1. The summed E-state index contributed by atoms with van der Waals surface area (Å²) >= 11 is 0. The Morgan fingerprint density at radius 3 is 2.31 bits per heavy atom. The third-order valence-corrected chi connectivity index (χ3v) is 4.58. The minimum atomic E-state index is -0.347. The SMILES string of the molecule is CC(C)COc1cccc2c1[C@@H](N1C(=O)C=CC1=O)C[C@@H]2OCC(C)C. The molecule has 3 rings (SSSR count). The lowest BCUT2D eigenvalue weighted by atomic mass is 10.1. The lowest BCUT2D eigenvalue weighted by Gasteiger charge is -2.25. The van der Waals surface area contributed by atoms with Crippen LogP contribution in [-0.4, -0.2) is 29.9 Å². The summed E-state index contributed by atoms with van der Waals surface area (Å²) in [5.74, 6) is 0.998. The van der Waals surface area contributed by atoms with Crippen molar-refractivity contribution in [2.45, 2.75) is 46.3 Å². The van der Waals surface area contributed by atoms with Crippen LogP contribution >= 0.6 is 0 Å². The molecule has 26 heavy (non-hydrogen) atoms. The van der Waals surface area contributed by atoms with E-state index in [1.54, 1.807) is 0 Å². The van der Waals surface area contributed by atoms with Crippen molar-refractivity contribution in [3.63, 3.8) is 0 Å². The zero-order chi connectivity index (χ0) is 18.8. The van der Waals surface area contributed by atoms with Gasteiger partial charge in [-0.05, 0) is 23.5 Å². The molecule has 0 spiro atoms. The summed E-state index contributed by atoms with van der Waals surface area (Å²) < 4.78 is 12.1. The number of hydrogen-bond acceptors (Lipinski definition) is 4. The largest absolute Gasteiger partial charge is 0.493 e.